The third-order valence-corrected chi connectivity index (χ3v) is 2.21. The summed E-state index contributed by atoms with van der Waals surface area (Å²) in [4.78, 5) is 22.8. The highest BCUT2D eigenvalue weighted by Gasteiger charge is 2.25. The first kappa shape index (κ1) is 14.1. The molecule has 1 aromatic heterocycles. The minimum atomic E-state index is -2.86. The van der Waals surface area contributed by atoms with Crippen molar-refractivity contribution in [1.29, 1.82) is 0 Å². The van der Waals surface area contributed by atoms with Crippen molar-refractivity contribution in [2.24, 2.45) is 7.05 Å². The number of aromatic nitrogens is 2. The number of esters is 1. The van der Waals surface area contributed by atoms with E-state index in [1.54, 1.807) is 0 Å². The lowest BCUT2D eigenvalue weighted by Gasteiger charge is -2.11. The van der Waals surface area contributed by atoms with Crippen molar-refractivity contribution in [3.05, 3.63) is 17.5 Å². The van der Waals surface area contributed by atoms with Gasteiger partial charge in [-0.05, 0) is 6.92 Å². The fourth-order valence-electron chi connectivity index (χ4n) is 1.35. The van der Waals surface area contributed by atoms with E-state index in [0.717, 1.165) is 4.68 Å². The lowest BCUT2D eigenvalue weighted by molar-refractivity contribution is -0.142. The Bertz CT molecular complexity index is 459. The van der Waals surface area contributed by atoms with Crippen LogP contribution in [0.5, 0.6) is 0 Å². The van der Waals surface area contributed by atoms with Crippen LogP contribution in [0.15, 0.2) is 6.20 Å². The number of carbonyl (C=O) groups is 2. The minimum Gasteiger partial charge on any atom is -0.467 e. The average Bonchev–Trinajstić information content (AvgIpc) is 2.70. The van der Waals surface area contributed by atoms with Crippen molar-refractivity contribution in [3.8, 4) is 0 Å². The number of hydrogen-bond donors (Lipinski definition) is 1. The molecule has 6 nitrogen and oxygen atoms in total. The van der Waals surface area contributed by atoms with E-state index in [1.807, 2.05) is 0 Å². The summed E-state index contributed by atoms with van der Waals surface area (Å²) >= 11 is 0. The molecule has 0 spiro atoms. The van der Waals surface area contributed by atoms with Crippen LogP contribution in [0.4, 0.5) is 8.78 Å². The summed E-state index contributed by atoms with van der Waals surface area (Å²) in [5.74, 6) is -1.46. The van der Waals surface area contributed by atoms with Gasteiger partial charge < -0.3 is 10.1 Å². The fourth-order valence-corrected chi connectivity index (χ4v) is 1.35. The maximum atomic E-state index is 12.6. The topological polar surface area (TPSA) is 73.2 Å². The van der Waals surface area contributed by atoms with Crippen LogP contribution in [0, 0.1) is 0 Å². The Morgan fingerprint density at radius 3 is 2.61 bits per heavy atom. The molecular formula is C10H13F2N3O3. The van der Waals surface area contributed by atoms with Gasteiger partial charge in [0.25, 0.3) is 12.3 Å². The molecule has 0 radical (unpaired) electrons. The zero-order valence-electron chi connectivity index (χ0n) is 10.1. The molecule has 1 N–H and O–H groups in total. The van der Waals surface area contributed by atoms with Gasteiger partial charge in [0, 0.05) is 13.2 Å². The predicted octanol–water partition coefficient (Wildman–Crippen LogP) is 0.649. The SMILES string of the molecule is COC(=O)[C@H](C)NC(=O)c1cn(C)nc1C(F)F. The standard InChI is InChI=1S/C10H13F2N3O3/c1-5(10(17)18-3)13-9(16)6-4-15(2)14-7(6)8(11)12/h4-5,8H,1-3H3,(H,13,16)/t5-/m0/s1. The van der Waals surface area contributed by atoms with Crippen LogP contribution in [0.2, 0.25) is 0 Å². The number of amides is 1. The Labute approximate surface area is 102 Å². The molecule has 18 heavy (non-hydrogen) atoms. The highest BCUT2D eigenvalue weighted by atomic mass is 19.3. The molecule has 1 atom stereocenters. The Balaban J connectivity index is 2.87. The van der Waals surface area contributed by atoms with Gasteiger partial charge in [0.05, 0.1) is 12.7 Å². The van der Waals surface area contributed by atoms with Crippen LogP contribution in [0.1, 0.15) is 29.4 Å². The third kappa shape index (κ3) is 3.02. The number of aryl methyl sites for hydroxylation is 1. The maximum absolute atomic E-state index is 12.6. The van der Waals surface area contributed by atoms with Gasteiger partial charge in [-0.15, -0.1) is 0 Å². The molecule has 0 unspecified atom stereocenters. The van der Waals surface area contributed by atoms with Gasteiger partial charge in [0.2, 0.25) is 0 Å². The van der Waals surface area contributed by atoms with E-state index in [4.69, 9.17) is 0 Å². The first-order valence-electron chi connectivity index (χ1n) is 5.07. The molecule has 1 heterocycles. The van der Waals surface area contributed by atoms with Crippen molar-refractivity contribution >= 4 is 11.9 Å². The van der Waals surface area contributed by atoms with Crippen LogP contribution in [-0.4, -0.2) is 34.8 Å². The number of nitrogens with zero attached hydrogens (tertiary/aromatic N) is 2. The molecule has 0 bridgehead atoms. The summed E-state index contributed by atoms with van der Waals surface area (Å²) in [6.45, 7) is 1.39. The lowest BCUT2D eigenvalue weighted by atomic mass is 10.2. The highest BCUT2D eigenvalue weighted by molar-refractivity contribution is 5.97. The van der Waals surface area contributed by atoms with Crippen molar-refractivity contribution in [2.45, 2.75) is 19.4 Å². The largest absolute Gasteiger partial charge is 0.467 e. The molecule has 0 aromatic carbocycles. The summed E-state index contributed by atoms with van der Waals surface area (Å²) in [6.07, 6.45) is -1.69. The normalized spacial score (nSPS) is 12.3. The van der Waals surface area contributed by atoms with Crippen LogP contribution < -0.4 is 5.32 Å². The van der Waals surface area contributed by atoms with E-state index >= 15 is 0 Å². The fraction of sp³-hybridized carbons (Fsp3) is 0.500. The van der Waals surface area contributed by atoms with Crippen molar-refractivity contribution in [2.75, 3.05) is 7.11 Å². The molecule has 8 heteroatoms. The zero-order valence-corrected chi connectivity index (χ0v) is 10.1. The summed E-state index contributed by atoms with van der Waals surface area (Å²) in [6, 6.07) is -0.923. The number of carbonyl (C=O) groups excluding carboxylic acids is 2. The molecule has 0 saturated heterocycles. The molecule has 0 saturated carbocycles. The lowest BCUT2D eigenvalue weighted by Crippen LogP contribution is -2.39. The molecule has 0 aliphatic heterocycles. The number of hydrogen-bond acceptors (Lipinski definition) is 4. The molecule has 1 rings (SSSR count). The number of ether oxygens (including phenoxy) is 1. The second kappa shape index (κ2) is 5.56. The Morgan fingerprint density at radius 2 is 2.11 bits per heavy atom. The summed E-state index contributed by atoms with van der Waals surface area (Å²) in [7, 11) is 2.59. The molecule has 1 aromatic rings. The molecule has 0 fully saturated rings. The Kier molecular flexibility index (Phi) is 4.35. The van der Waals surface area contributed by atoms with Crippen molar-refractivity contribution in [1.82, 2.24) is 15.1 Å². The van der Waals surface area contributed by atoms with Crippen molar-refractivity contribution in [3.63, 3.8) is 0 Å². The first-order chi connectivity index (χ1) is 8.36. The predicted molar refractivity (Wildman–Crippen MR) is 57.1 cm³/mol. The van der Waals surface area contributed by atoms with Crippen molar-refractivity contribution < 1.29 is 23.1 Å². The summed E-state index contributed by atoms with van der Waals surface area (Å²) < 4.78 is 30.8. The van der Waals surface area contributed by atoms with Gasteiger partial charge in [0.1, 0.15) is 11.7 Å². The van der Waals surface area contributed by atoms with Gasteiger partial charge in [-0.2, -0.15) is 5.10 Å². The van der Waals surface area contributed by atoms with Crippen LogP contribution in [0.3, 0.4) is 0 Å². The van der Waals surface area contributed by atoms with E-state index < -0.39 is 30.0 Å². The molecule has 0 aliphatic rings. The smallest absolute Gasteiger partial charge is 0.328 e. The monoisotopic (exact) mass is 261 g/mol. The zero-order chi connectivity index (χ0) is 13.9. The summed E-state index contributed by atoms with van der Waals surface area (Å²) in [5, 5.41) is 5.75. The van der Waals surface area contributed by atoms with Gasteiger partial charge in [-0.1, -0.05) is 0 Å². The van der Waals surface area contributed by atoms with Gasteiger partial charge >= 0.3 is 5.97 Å². The quantitative estimate of drug-likeness (QED) is 0.808. The maximum Gasteiger partial charge on any atom is 0.328 e. The molecule has 100 valence electrons. The van der Waals surface area contributed by atoms with E-state index in [1.165, 1.54) is 27.3 Å². The first-order valence-corrected chi connectivity index (χ1v) is 5.07. The molecular weight excluding hydrogens is 248 g/mol. The van der Waals surface area contributed by atoms with E-state index in [-0.39, 0.29) is 5.56 Å². The number of alkyl halides is 2. The van der Waals surface area contributed by atoms with Crippen LogP contribution >= 0.6 is 0 Å². The van der Waals surface area contributed by atoms with E-state index in [9.17, 15) is 18.4 Å². The van der Waals surface area contributed by atoms with Gasteiger partial charge in [0.15, 0.2) is 0 Å². The summed E-state index contributed by atoms with van der Waals surface area (Å²) in [5.41, 5.74) is -0.879. The van der Waals surface area contributed by atoms with Gasteiger partial charge in [-0.25, -0.2) is 13.6 Å². The third-order valence-electron chi connectivity index (χ3n) is 2.21. The number of halogens is 2. The number of rotatable bonds is 4. The van der Waals surface area contributed by atoms with E-state index in [0.29, 0.717) is 0 Å². The van der Waals surface area contributed by atoms with Gasteiger partial charge in [-0.3, -0.25) is 9.48 Å². The second-order valence-corrected chi connectivity index (χ2v) is 3.62. The van der Waals surface area contributed by atoms with E-state index in [2.05, 4.69) is 15.2 Å². The molecule has 1 amide bonds. The Hall–Kier alpha value is -1.99. The minimum absolute atomic E-state index is 0.261. The van der Waals surface area contributed by atoms with Crippen LogP contribution in [0.25, 0.3) is 0 Å². The molecule has 0 aliphatic carbocycles. The Morgan fingerprint density at radius 1 is 1.50 bits per heavy atom. The van der Waals surface area contributed by atoms with Crippen LogP contribution in [-0.2, 0) is 16.6 Å². The second-order valence-electron chi connectivity index (χ2n) is 3.62. The number of methoxy groups -OCH3 is 1. The average molecular weight is 261 g/mol. The highest BCUT2D eigenvalue weighted by Crippen LogP contribution is 2.20. The number of nitrogens with one attached hydrogen (secondary N) is 1.